The van der Waals surface area contributed by atoms with Gasteiger partial charge < -0.3 is 20.1 Å². The quantitative estimate of drug-likeness (QED) is 0.591. The van der Waals surface area contributed by atoms with E-state index in [0.29, 0.717) is 4.60 Å². The first-order valence-corrected chi connectivity index (χ1v) is 5.94. The summed E-state index contributed by atoms with van der Waals surface area (Å²) < 4.78 is 9.53. The summed E-state index contributed by atoms with van der Waals surface area (Å²) in [7, 11) is 2.49. The molecule has 0 aromatic carbocycles. The van der Waals surface area contributed by atoms with E-state index in [2.05, 4.69) is 35.4 Å². The number of methoxy groups -OCH3 is 2. The van der Waals surface area contributed by atoms with Crippen LogP contribution in [-0.2, 0) is 19.1 Å². The Morgan fingerprint density at radius 1 is 1.26 bits per heavy atom. The Morgan fingerprint density at radius 2 is 1.79 bits per heavy atom. The van der Waals surface area contributed by atoms with Crippen molar-refractivity contribution < 1.29 is 19.1 Å². The van der Waals surface area contributed by atoms with Gasteiger partial charge in [-0.15, -0.1) is 0 Å². The molecule has 0 aliphatic rings. The molecule has 0 unspecified atom stereocenters. The van der Waals surface area contributed by atoms with Crippen LogP contribution < -0.4 is 10.6 Å². The van der Waals surface area contributed by atoms with E-state index < -0.39 is 11.9 Å². The summed E-state index contributed by atoms with van der Waals surface area (Å²) in [6.45, 7) is -0.386. The fraction of sp³-hybridized carbons (Fsp3) is 0.400. The predicted molar refractivity (Wildman–Crippen MR) is 70.4 cm³/mol. The smallest absolute Gasteiger partial charge is 0.325 e. The number of carbonyl (C=O) groups is 2. The summed E-state index contributed by atoms with van der Waals surface area (Å²) in [5, 5.41) is 0. The summed E-state index contributed by atoms with van der Waals surface area (Å²) in [4.78, 5) is 31.9. The number of esters is 2. The fourth-order valence-electron chi connectivity index (χ4n) is 1.20. The van der Waals surface area contributed by atoms with Gasteiger partial charge in [0, 0.05) is 6.07 Å². The van der Waals surface area contributed by atoms with Gasteiger partial charge in [-0.2, -0.15) is 4.98 Å². The molecule has 0 radical (unpaired) electrons. The third-order valence-corrected chi connectivity index (χ3v) is 2.49. The minimum atomic E-state index is -0.536. The van der Waals surface area contributed by atoms with Gasteiger partial charge in [-0.05, 0) is 15.9 Å². The highest BCUT2D eigenvalue weighted by atomic mass is 79.9. The van der Waals surface area contributed by atoms with Crippen LogP contribution in [-0.4, -0.2) is 49.2 Å². The number of hydrogen-bond donors (Lipinski definition) is 1. The lowest BCUT2D eigenvalue weighted by Gasteiger charge is -2.20. The monoisotopic (exact) mass is 332 g/mol. The molecule has 0 fully saturated rings. The highest BCUT2D eigenvalue weighted by Crippen LogP contribution is 2.15. The molecule has 0 aliphatic heterocycles. The van der Waals surface area contributed by atoms with Crippen LogP contribution in [0.25, 0.3) is 0 Å². The lowest BCUT2D eigenvalue weighted by atomic mass is 10.4. The minimum absolute atomic E-state index is 0.127. The maximum atomic E-state index is 11.3. The third kappa shape index (κ3) is 4.70. The number of rotatable bonds is 5. The van der Waals surface area contributed by atoms with Crippen LogP contribution >= 0.6 is 15.9 Å². The standard InChI is InChI=1S/C10H13BrN4O4/c1-18-8(16)4-15(5-9(17)19-2)10-13-6(11)3-7(12)14-10/h3H,4-5H2,1-2H3,(H2,12,13,14). The Bertz CT molecular complexity index is 444. The second kappa shape index (κ2) is 6.88. The molecule has 8 nitrogen and oxygen atoms in total. The molecule has 1 aromatic rings. The maximum Gasteiger partial charge on any atom is 0.325 e. The van der Waals surface area contributed by atoms with Gasteiger partial charge in [0.15, 0.2) is 0 Å². The van der Waals surface area contributed by atoms with Crippen LogP contribution in [0, 0.1) is 0 Å². The van der Waals surface area contributed by atoms with E-state index in [1.807, 2.05) is 0 Å². The van der Waals surface area contributed by atoms with Crippen molar-refractivity contribution in [3.05, 3.63) is 10.7 Å². The van der Waals surface area contributed by atoms with E-state index in [9.17, 15) is 9.59 Å². The summed E-state index contributed by atoms with van der Waals surface area (Å²) in [6, 6.07) is 1.50. The number of nitrogens with two attached hydrogens (primary N) is 1. The highest BCUT2D eigenvalue weighted by molar-refractivity contribution is 9.10. The highest BCUT2D eigenvalue weighted by Gasteiger charge is 2.19. The second-order valence-electron chi connectivity index (χ2n) is 3.42. The van der Waals surface area contributed by atoms with Crippen molar-refractivity contribution in [2.24, 2.45) is 0 Å². The molecule has 1 heterocycles. The molecule has 0 atom stereocenters. The minimum Gasteiger partial charge on any atom is -0.468 e. The molecule has 0 saturated heterocycles. The van der Waals surface area contributed by atoms with Gasteiger partial charge in [-0.1, -0.05) is 0 Å². The van der Waals surface area contributed by atoms with Crippen molar-refractivity contribution in [3.8, 4) is 0 Å². The third-order valence-electron chi connectivity index (χ3n) is 2.08. The van der Waals surface area contributed by atoms with Crippen LogP contribution in [0.1, 0.15) is 0 Å². The summed E-state index contributed by atoms with van der Waals surface area (Å²) >= 11 is 3.16. The topological polar surface area (TPSA) is 108 Å². The first-order valence-electron chi connectivity index (χ1n) is 5.15. The number of aromatic nitrogens is 2. The van der Waals surface area contributed by atoms with E-state index in [0.717, 1.165) is 0 Å². The summed E-state index contributed by atoms with van der Waals surface area (Å²) in [5.41, 5.74) is 5.58. The molecule has 0 amide bonds. The number of nitrogen functional groups attached to an aromatic ring is 1. The number of carbonyl (C=O) groups excluding carboxylic acids is 2. The predicted octanol–water partition coefficient (Wildman–Crippen LogP) is -0.0263. The number of nitrogens with zero attached hydrogens (tertiary/aromatic N) is 3. The summed E-state index contributed by atoms with van der Waals surface area (Å²) in [6.07, 6.45) is 0. The van der Waals surface area contributed by atoms with E-state index in [1.54, 1.807) is 0 Å². The molecule has 9 heteroatoms. The lowest BCUT2D eigenvalue weighted by molar-refractivity contribution is -0.140. The molecular formula is C10H13BrN4O4. The first-order chi connectivity index (χ1) is 8.96. The van der Waals surface area contributed by atoms with Crippen molar-refractivity contribution in [2.75, 3.05) is 37.9 Å². The molecule has 0 spiro atoms. The molecular weight excluding hydrogens is 320 g/mol. The van der Waals surface area contributed by atoms with E-state index in [1.165, 1.54) is 25.2 Å². The van der Waals surface area contributed by atoms with Crippen LogP contribution in [0.15, 0.2) is 10.7 Å². The Balaban J connectivity index is 2.99. The van der Waals surface area contributed by atoms with Crippen molar-refractivity contribution in [1.82, 2.24) is 9.97 Å². The van der Waals surface area contributed by atoms with Crippen LogP contribution in [0.3, 0.4) is 0 Å². The van der Waals surface area contributed by atoms with Crippen molar-refractivity contribution in [1.29, 1.82) is 0 Å². The van der Waals surface area contributed by atoms with Crippen LogP contribution in [0.5, 0.6) is 0 Å². The molecule has 19 heavy (non-hydrogen) atoms. The fourth-order valence-corrected chi connectivity index (χ4v) is 1.60. The van der Waals surface area contributed by atoms with E-state index in [-0.39, 0.29) is 24.9 Å². The number of ether oxygens (including phenoxy) is 2. The molecule has 0 saturated carbocycles. The molecule has 1 rings (SSSR count). The number of halogens is 1. The SMILES string of the molecule is COC(=O)CN(CC(=O)OC)c1nc(N)cc(Br)n1. The van der Waals surface area contributed by atoms with E-state index >= 15 is 0 Å². The van der Waals surface area contributed by atoms with Crippen molar-refractivity contribution in [3.63, 3.8) is 0 Å². The summed E-state index contributed by atoms with van der Waals surface area (Å²) in [5.74, 6) is -0.739. The maximum absolute atomic E-state index is 11.3. The van der Waals surface area contributed by atoms with Crippen molar-refractivity contribution in [2.45, 2.75) is 0 Å². The second-order valence-corrected chi connectivity index (χ2v) is 4.24. The van der Waals surface area contributed by atoms with Gasteiger partial charge in [0.1, 0.15) is 23.5 Å². The van der Waals surface area contributed by atoms with Gasteiger partial charge in [-0.25, -0.2) is 4.98 Å². The first kappa shape index (κ1) is 15.2. The van der Waals surface area contributed by atoms with E-state index in [4.69, 9.17) is 5.73 Å². The van der Waals surface area contributed by atoms with Gasteiger partial charge >= 0.3 is 11.9 Å². The Labute approximate surface area is 118 Å². The molecule has 0 bridgehead atoms. The van der Waals surface area contributed by atoms with Gasteiger partial charge in [-0.3, -0.25) is 9.59 Å². The molecule has 0 aliphatic carbocycles. The normalized spacial score (nSPS) is 9.84. The number of anilines is 2. The molecule has 2 N–H and O–H groups in total. The van der Waals surface area contributed by atoms with Gasteiger partial charge in [0.25, 0.3) is 0 Å². The average Bonchev–Trinajstić information content (AvgIpc) is 2.36. The van der Waals surface area contributed by atoms with Crippen molar-refractivity contribution >= 4 is 39.6 Å². The molecule has 104 valence electrons. The lowest BCUT2D eigenvalue weighted by Crippen LogP contribution is -2.37. The Hall–Kier alpha value is -1.90. The zero-order valence-electron chi connectivity index (χ0n) is 10.4. The largest absolute Gasteiger partial charge is 0.468 e. The number of hydrogen-bond acceptors (Lipinski definition) is 8. The Kier molecular flexibility index (Phi) is 5.49. The van der Waals surface area contributed by atoms with Crippen LogP contribution in [0.4, 0.5) is 11.8 Å². The zero-order chi connectivity index (χ0) is 14.4. The molecule has 1 aromatic heterocycles. The average molecular weight is 333 g/mol. The Morgan fingerprint density at radius 3 is 2.21 bits per heavy atom. The zero-order valence-corrected chi connectivity index (χ0v) is 12.0. The van der Waals surface area contributed by atoms with Crippen LogP contribution in [0.2, 0.25) is 0 Å². The van der Waals surface area contributed by atoms with Gasteiger partial charge in [0.2, 0.25) is 5.95 Å². The van der Waals surface area contributed by atoms with Gasteiger partial charge in [0.05, 0.1) is 14.2 Å².